The number of nitrogens with one attached hydrogen (secondary N) is 1. The van der Waals surface area contributed by atoms with Gasteiger partial charge in [0.2, 0.25) is 0 Å². The first kappa shape index (κ1) is 12.3. The fourth-order valence-electron chi connectivity index (χ4n) is 1.58. The SMILES string of the molecule is CC(C)CCC(C)NCCc1ccco1. The van der Waals surface area contributed by atoms with Gasteiger partial charge in [-0.1, -0.05) is 13.8 Å². The van der Waals surface area contributed by atoms with Crippen molar-refractivity contribution in [1.82, 2.24) is 5.32 Å². The molecule has 1 rings (SSSR count). The molecule has 0 aliphatic heterocycles. The monoisotopic (exact) mass is 209 g/mol. The van der Waals surface area contributed by atoms with Crippen LogP contribution in [-0.4, -0.2) is 12.6 Å². The molecule has 0 aromatic carbocycles. The molecule has 1 atom stereocenters. The van der Waals surface area contributed by atoms with Gasteiger partial charge in [-0.25, -0.2) is 0 Å². The van der Waals surface area contributed by atoms with E-state index in [9.17, 15) is 0 Å². The van der Waals surface area contributed by atoms with Crippen molar-refractivity contribution in [3.63, 3.8) is 0 Å². The molecule has 0 saturated heterocycles. The fourth-order valence-corrected chi connectivity index (χ4v) is 1.58. The van der Waals surface area contributed by atoms with Crippen LogP contribution in [0.25, 0.3) is 0 Å². The summed E-state index contributed by atoms with van der Waals surface area (Å²) in [5.74, 6) is 1.87. The van der Waals surface area contributed by atoms with Gasteiger partial charge in [0.25, 0.3) is 0 Å². The topological polar surface area (TPSA) is 25.2 Å². The molecule has 0 amide bonds. The number of rotatable bonds is 7. The van der Waals surface area contributed by atoms with Gasteiger partial charge in [-0.2, -0.15) is 0 Å². The second-order valence-corrected chi connectivity index (χ2v) is 4.66. The standard InChI is InChI=1S/C13H23NO/c1-11(2)6-7-12(3)14-9-8-13-5-4-10-15-13/h4-5,10-12,14H,6-9H2,1-3H3. The Labute approximate surface area is 93.1 Å². The molecule has 0 radical (unpaired) electrons. The first-order chi connectivity index (χ1) is 7.18. The van der Waals surface area contributed by atoms with Crippen LogP contribution >= 0.6 is 0 Å². The van der Waals surface area contributed by atoms with E-state index in [0.29, 0.717) is 6.04 Å². The van der Waals surface area contributed by atoms with E-state index in [0.717, 1.165) is 24.6 Å². The van der Waals surface area contributed by atoms with Gasteiger partial charge in [0.05, 0.1) is 6.26 Å². The van der Waals surface area contributed by atoms with Crippen LogP contribution in [0.2, 0.25) is 0 Å². The summed E-state index contributed by atoms with van der Waals surface area (Å²) in [5, 5.41) is 3.52. The smallest absolute Gasteiger partial charge is 0.105 e. The molecule has 0 spiro atoms. The molecule has 2 nitrogen and oxygen atoms in total. The van der Waals surface area contributed by atoms with E-state index in [4.69, 9.17) is 4.42 Å². The van der Waals surface area contributed by atoms with Crippen molar-refractivity contribution >= 4 is 0 Å². The molecule has 0 aliphatic rings. The number of hydrogen-bond acceptors (Lipinski definition) is 2. The van der Waals surface area contributed by atoms with Crippen molar-refractivity contribution in [1.29, 1.82) is 0 Å². The van der Waals surface area contributed by atoms with Gasteiger partial charge in [-0.05, 0) is 37.8 Å². The van der Waals surface area contributed by atoms with Crippen LogP contribution in [0.1, 0.15) is 39.4 Å². The molecule has 86 valence electrons. The van der Waals surface area contributed by atoms with Crippen molar-refractivity contribution in [3.8, 4) is 0 Å². The van der Waals surface area contributed by atoms with E-state index in [-0.39, 0.29) is 0 Å². The predicted octanol–water partition coefficient (Wildman–Crippen LogP) is 3.24. The first-order valence-electron chi connectivity index (χ1n) is 5.94. The minimum absolute atomic E-state index is 0.613. The Kier molecular flexibility index (Phi) is 5.48. The van der Waals surface area contributed by atoms with Crippen LogP contribution in [-0.2, 0) is 6.42 Å². The lowest BCUT2D eigenvalue weighted by molar-refractivity contribution is 0.439. The Morgan fingerprint density at radius 3 is 2.67 bits per heavy atom. The summed E-state index contributed by atoms with van der Waals surface area (Å²) in [6.07, 6.45) is 5.28. The van der Waals surface area contributed by atoms with E-state index in [1.807, 2.05) is 12.1 Å². The van der Waals surface area contributed by atoms with E-state index in [1.54, 1.807) is 6.26 Å². The molecule has 0 saturated carbocycles. The van der Waals surface area contributed by atoms with E-state index in [2.05, 4.69) is 26.1 Å². The van der Waals surface area contributed by atoms with Crippen LogP contribution < -0.4 is 5.32 Å². The van der Waals surface area contributed by atoms with Crippen molar-refractivity contribution in [2.75, 3.05) is 6.54 Å². The maximum atomic E-state index is 5.27. The summed E-state index contributed by atoms with van der Waals surface area (Å²) in [4.78, 5) is 0. The van der Waals surface area contributed by atoms with Crippen molar-refractivity contribution < 1.29 is 4.42 Å². The lowest BCUT2D eigenvalue weighted by Gasteiger charge is -2.14. The van der Waals surface area contributed by atoms with Gasteiger partial charge in [0.15, 0.2) is 0 Å². The average molecular weight is 209 g/mol. The lowest BCUT2D eigenvalue weighted by Crippen LogP contribution is -2.28. The summed E-state index contributed by atoms with van der Waals surface area (Å²) in [7, 11) is 0. The van der Waals surface area contributed by atoms with Gasteiger partial charge in [0, 0.05) is 19.0 Å². The third kappa shape index (κ3) is 5.63. The normalized spacial score (nSPS) is 13.3. The molecule has 0 aliphatic carbocycles. The molecule has 1 aromatic heterocycles. The fraction of sp³-hybridized carbons (Fsp3) is 0.692. The van der Waals surface area contributed by atoms with Crippen molar-refractivity contribution in [2.24, 2.45) is 5.92 Å². The van der Waals surface area contributed by atoms with Crippen LogP contribution in [0.4, 0.5) is 0 Å². The van der Waals surface area contributed by atoms with Gasteiger partial charge < -0.3 is 9.73 Å². The summed E-state index contributed by atoms with van der Waals surface area (Å²) in [5.41, 5.74) is 0. The van der Waals surface area contributed by atoms with Crippen LogP contribution in [0, 0.1) is 5.92 Å². The molecule has 1 N–H and O–H groups in total. The second-order valence-electron chi connectivity index (χ2n) is 4.66. The summed E-state index contributed by atoms with van der Waals surface area (Å²) in [6.45, 7) is 7.81. The van der Waals surface area contributed by atoms with Crippen molar-refractivity contribution in [2.45, 2.75) is 46.1 Å². The highest BCUT2D eigenvalue weighted by Crippen LogP contribution is 2.06. The minimum atomic E-state index is 0.613. The molecule has 0 bridgehead atoms. The Hall–Kier alpha value is -0.760. The molecular formula is C13H23NO. The molecule has 0 fully saturated rings. The molecular weight excluding hydrogens is 186 g/mol. The Bertz CT molecular complexity index is 241. The zero-order chi connectivity index (χ0) is 11.1. The molecule has 15 heavy (non-hydrogen) atoms. The van der Waals surface area contributed by atoms with E-state index >= 15 is 0 Å². The van der Waals surface area contributed by atoms with Crippen molar-refractivity contribution in [3.05, 3.63) is 24.2 Å². The summed E-state index contributed by atoms with van der Waals surface area (Å²) < 4.78 is 5.27. The van der Waals surface area contributed by atoms with Crippen LogP contribution in [0.15, 0.2) is 22.8 Å². The zero-order valence-corrected chi connectivity index (χ0v) is 10.1. The van der Waals surface area contributed by atoms with Gasteiger partial charge in [0.1, 0.15) is 5.76 Å². The van der Waals surface area contributed by atoms with Crippen LogP contribution in [0.5, 0.6) is 0 Å². The highest BCUT2D eigenvalue weighted by atomic mass is 16.3. The van der Waals surface area contributed by atoms with Crippen LogP contribution in [0.3, 0.4) is 0 Å². The van der Waals surface area contributed by atoms with E-state index < -0.39 is 0 Å². The number of hydrogen-bond donors (Lipinski definition) is 1. The molecule has 2 heteroatoms. The Morgan fingerprint density at radius 2 is 2.07 bits per heavy atom. The third-order valence-corrected chi connectivity index (χ3v) is 2.62. The Balaban J connectivity index is 2.04. The average Bonchev–Trinajstić information content (AvgIpc) is 2.67. The van der Waals surface area contributed by atoms with Gasteiger partial charge in [-0.3, -0.25) is 0 Å². The highest BCUT2D eigenvalue weighted by molar-refractivity contribution is 4.98. The summed E-state index contributed by atoms with van der Waals surface area (Å²) in [6, 6.07) is 4.58. The van der Waals surface area contributed by atoms with Gasteiger partial charge >= 0.3 is 0 Å². The van der Waals surface area contributed by atoms with Gasteiger partial charge in [-0.15, -0.1) is 0 Å². The zero-order valence-electron chi connectivity index (χ0n) is 10.1. The summed E-state index contributed by atoms with van der Waals surface area (Å²) >= 11 is 0. The largest absolute Gasteiger partial charge is 0.469 e. The molecule has 1 unspecified atom stereocenters. The maximum absolute atomic E-state index is 5.27. The molecule has 1 heterocycles. The maximum Gasteiger partial charge on any atom is 0.105 e. The highest BCUT2D eigenvalue weighted by Gasteiger charge is 2.03. The number of furan rings is 1. The predicted molar refractivity (Wildman–Crippen MR) is 63.9 cm³/mol. The quantitative estimate of drug-likeness (QED) is 0.745. The molecule has 1 aromatic rings. The first-order valence-corrected chi connectivity index (χ1v) is 5.94. The second kappa shape index (κ2) is 6.67. The lowest BCUT2D eigenvalue weighted by atomic mass is 10.0. The Morgan fingerprint density at radius 1 is 1.27 bits per heavy atom. The minimum Gasteiger partial charge on any atom is -0.469 e. The van der Waals surface area contributed by atoms with E-state index in [1.165, 1.54) is 12.8 Å². The third-order valence-electron chi connectivity index (χ3n) is 2.62.